The summed E-state index contributed by atoms with van der Waals surface area (Å²) in [7, 11) is 0. The lowest BCUT2D eigenvalue weighted by Gasteiger charge is -2.26. The van der Waals surface area contributed by atoms with Crippen molar-refractivity contribution in [3.63, 3.8) is 0 Å². The summed E-state index contributed by atoms with van der Waals surface area (Å²) in [5.74, 6) is -0.755. The van der Waals surface area contributed by atoms with Crippen molar-refractivity contribution in [1.82, 2.24) is 20.3 Å². The average molecular weight is 352 g/mol. The smallest absolute Gasteiger partial charge is 0.258 e. The van der Waals surface area contributed by atoms with E-state index in [0.717, 1.165) is 25.7 Å². The molecule has 3 heterocycles. The minimum absolute atomic E-state index is 0.0499. The van der Waals surface area contributed by atoms with Gasteiger partial charge in [-0.25, -0.2) is 4.39 Å². The summed E-state index contributed by atoms with van der Waals surface area (Å²) in [6, 6.07) is 2.63. The molecule has 2 atom stereocenters. The van der Waals surface area contributed by atoms with Crippen molar-refractivity contribution in [3.8, 4) is 0 Å². The number of benzene rings is 1. The zero-order chi connectivity index (χ0) is 16.7. The lowest BCUT2D eigenvalue weighted by molar-refractivity contribution is 0.0930. The van der Waals surface area contributed by atoms with Gasteiger partial charge in [0.05, 0.1) is 24.1 Å². The third-order valence-electron chi connectivity index (χ3n) is 4.18. The Labute approximate surface area is 142 Å². The number of rotatable bonds is 3. The molecular formula is C15H15ClFN5O2. The van der Waals surface area contributed by atoms with E-state index in [1.165, 1.54) is 6.07 Å². The van der Waals surface area contributed by atoms with Gasteiger partial charge >= 0.3 is 0 Å². The number of fused-ring (bicyclic) bond motifs is 1. The highest BCUT2D eigenvalue weighted by molar-refractivity contribution is 6.31. The van der Waals surface area contributed by atoms with Crippen LogP contribution in [-0.2, 0) is 11.3 Å². The molecule has 9 heteroatoms. The largest absolute Gasteiger partial charge is 0.381 e. The molecule has 0 spiro atoms. The summed E-state index contributed by atoms with van der Waals surface area (Å²) < 4.78 is 21.0. The van der Waals surface area contributed by atoms with Crippen LogP contribution in [0.5, 0.6) is 0 Å². The Kier molecular flexibility index (Phi) is 3.85. The van der Waals surface area contributed by atoms with E-state index < -0.39 is 17.9 Å². The summed E-state index contributed by atoms with van der Waals surface area (Å²) in [6.07, 6.45) is 2.18. The molecule has 1 saturated heterocycles. The first-order valence-corrected chi connectivity index (χ1v) is 8.02. The molecule has 2 N–H and O–H groups in total. The van der Waals surface area contributed by atoms with Gasteiger partial charge in [-0.05, 0) is 18.6 Å². The maximum atomic E-state index is 13.9. The molecule has 0 radical (unpaired) electrons. The number of aromatic nitrogens is 3. The highest BCUT2D eigenvalue weighted by Crippen LogP contribution is 2.30. The first-order valence-electron chi connectivity index (χ1n) is 7.64. The Bertz CT molecular complexity index is 790. The Morgan fingerprint density at radius 3 is 3.08 bits per heavy atom. The molecule has 1 aromatic heterocycles. The first kappa shape index (κ1) is 15.3. The van der Waals surface area contributed by atoms with Gasteiger partial charge in [0.1, 0.15) is 17.7 Å². The molecule has 1 fully saturated rings. The molecule has 1 amide bonds. The number of nitrogens with zero attached hydrogens (tertiary/aromatic N) is 3. The minimum atomic E-state index is -0.661. The van der Waals surface area contributed by atoms with Crippen molar-refractivity contribution < 1.29 is 13.9 Å². The molecule has 0 aliphatic carbocycles. The first-order chi connectivity index (χ1) is 11.6. The quantitative estimate of drug-likeness (QED) is 0.883. The number of hydrogen-bond donors (Lipinski definition) is 2. The normalized spacial score (nSPS) is 22.8. The SMILES string of the molecule is O=C1NC(c2cn(CC3CCOC3)nn2)Nc2cc(Cl)cc(F)c21. The van der Waals surface area contributed by atoms with Crippen LogP contribution in [0.4, 0.5) is 10.1 Å². The Morgan fingerprint density at radius 1 is 1.42 bits per heavy atom. The van der Waals surface area contributed by atoms with Gasteiger partial charge in [0, 0.05) is 24.1 Å². The van der Waals surface area contributed by atoms with Crippen LogP contribution in [0, 0.1) is 11.7 Å². The molecule has 2 unspecified atom stereocenters. The molecule has 2 aromatic rings. The third-order valence-corrected chi connectivity index (χ3v) is 4.40. The van der Waals surface area contributed by atoms with E-state index in [2.05, 4.69) is 20.9 Å². The van der Waals surface area contributed by atoms with E-state index in [4.69, 9.17) is 16.3 Å². The van der Waals surface area contributed by atoms with Gasteiger partial charge in [0.15, 0.2) is 0 Å². The van der Waals surface area contributed by atoms with Crippen LogP contribution >= 0.6 is 11.6 Å². The molecule has 1 aromatic carbocycles. The summed E-state index contributed by atoms with van der Waals surface area (Å²) in [4.78, 5) is 12.2. The molecule has 7 nitrogen and oxygen atoms in total. The van der Waals surface area contributed by atoms with E-state index in [1.807, 2.05) is 0 Å². The highest BCUT2D eigenvalue weighted by atomic mass is 35.5. The molecule has 4 rings (SSSR count). The Morgan fingerprint density at radius 2 is 2.29 bits per heavy atom. The summed E-state index contributed by atoms with van der Waals surface area (Å²) in [5, 5.41) is 14.1. The number of carbonyl (C=O) groups excluding carboxylic acids is 1. The van der Waals surface area contributed by atoms with Gasteiger partial charge in [-0.15, -0.1) is 5.10 Å². The van der Waals surface area contributed by atoms with Gasteiger partial charge in [-0.2, -0.15) is 0 Å². The standard InChI is InChI=1S/C15H15ClFN5O2/c16-9-3-10(17)13-11(4-9)18-14(19-15(13)23)12-6-22(21-20-12)5-8-1-2-24-7-8/h3-4,6,8,14,18H,1-2,5,7H2,(H,19,23). The maximum Gasteiger partial charge on any atom is 0.258 e. The van der Waals surface area contributed by atoms with Crippen molar-refractivity contribution in [2.75, 3.05) is 18.5 Å². The van der Waals surface area contributed by atoms with Gasteiger partial charge < -0.3 is 15.4 Å². The van der Waals surface area contributed by atoms with Crippen LogP contribution < -0.4 is 10.6 Å². The van der Waals surface area contributed by atoms with Crippen LogP contribution in [0.25, 0.3) is 0 Å². The predicted molar refractivity (Wildman–Crippen MR) is 84.2 cm³/mol. The molecule has 2 aliphatic rings. The van der Waals surface area contributed by atoms with Crippen LogP contribution in [0.3, 0.4) is 0 Å². The van der Waals surface area contributed by atoms with E-state index in [1.54, 1.807) is 10.9 Å². The zero-order valence-corrected chi connectivity index (χ0v) is 13.4. The molecule has 0 saturated carbocycles. The number of carbonyl (C=O) groups is 1. The number of ether oxygens (including phenoxy) is 1. The van der Waals surface area contributed by atoms with Crippen LogP contribution in [0.1, 0.15) is 28.6 Å². The van der Waals surface area contributed by atoms with E-state index >= 15 is 0 Å². The fourth-order valence-electron chi connectivity index (χ4n) is 2.99. The summed E-state index contributed by atoms with van der Waals surface area (Å²) in [5.41, 5.74) is 0.840. The van der Waals surface area contributed by atoms with Crippen molar-refractivity contribution in [3.05, 3.63) is 40.4 Å². The van der Waals surface area contributed by atoms with Gasteiger partial charge in [-0.1, -0.05) is 16.8 Å². The van der Waals surface area contributed by atoms with E-state index in [0.29, 0.717) is 23.8 Å². The number of anilines is 1. The van der Waals surface area contributed by atoms with Crippen molar-refractivity contribution in [2.45, 2.75) is 19.1 Å². The lowest BCUT2D eigenvalue weighted by atomic mass is 10.1. The number of nitrogens with one attached hydrogen (secondary N) is 2. The fourth-order valence-corrected chi connectivity index (χ4v) is 3.19. The summed E-state index contributed by atoms with van der Waals surface area (Å²) >= 11 is 5.87. The second kappa shape index (κ2) is 6.03. The molecule has 126 valence electrons. The Balaban J connectivity index is 1.55. The minimum Gasteiger partial charge on any atom is -0.381 e. The summed E-state index contributed by atoms with van der Waals surface area (Å²) in [6.45, 7) is 2.21. The second-order valence-electron chi connectivity index (χ2n) is 5.96. The van der Waals surface area contributed by atoms with Gasteiger partial charge in [0.2, 0.25) is 0 Å². The number of amides is 1. The van der Waals surface area contributed by atoms with E-state index in [9.17, 15) is 9.18 Å². The molecule has 0 bridgehead atoms. The molecular weight excluding hydrogens is 337 g/mol. The van der Waals surface area contributed by atoms with Crippen LogP contribution in [0.15, 0.2) is 18.3 Å². The number of hydrogen-bond acceptors (Lipinski definition) is 5. The van der Waals surface area contributed by atoms with Crippen LogP contribution in [-0.4, -0.2) is 34.1 Å². The molecule has 2 aliphatic heterocycles. The monoisotopic (exact) mass is 351 g/mol. The second-order valence-corrected chi connectivity index (χ2v) is 6.39. The third kappa shape index (κ3) is 2.83. The van der Waals surface area contributed by atoms with Gasteiger partial charge in [-0.3, -0.25) is 9.48 Å². The predicted octanol–water partition coefficient (Wildman–Crippen LogP) is 1.96. The Hall–Kier alpha value is -2.19. The van der Waals surface area contributed by atoms with Crippen molar-refractivity contribution >= 4 is 23.2 Å². The van der Waals surface area contributed by atoms with E-state index in [-0.39, 0.29) is 10.6 Å². The average Bonchev–Trinajstić information content (AvgIpc) is 3.18. The maximum absolute atomic E-state index is 13.9. The highest BCUT2D eigenvalue weighted by Gasteiger charge is 2.29. The van der Waals surface area contributed by atoms with Crippen molar-refractivity contribution in [1.29, 1.82) is 0 Å². The zero-order valence-electron chi connectivity index (χ0n) is 12.6. The van der Waals surface area contributed by atoms with Gasteiger partial charge in [0.25, 0.3) is 5.91 Å². The van der Waals surface area contributed by atoms with Crippen molar-refractivity contribution in [2.24, 2.45) is 5.92 Å². The fraction of sp³-hybridized carbons (Fsp3) is 0.400. The molecule has 24 heavy (non-hydrogen) atoms. The topological polar surface area (TPSA) is 81.1 Å². The van der Waals surface area contributed by atoms with Crippen LogP contribution in [0.2, 0.25) is 5.02 Å². The lowest BCUT2D eigenvalue weighted by Crippen LogP contribution is -2.39. The number of halogens is 2.